The number of halogens is 3. The molecule has 2 rings (SSSR count). The van der Waals surface area contributed by atoms with Gasteiger partial charge in [-0.3, -0.25) is 4.79 Å². The number of rotatable bonds is 7. The van der Waals surface area contributed by atoms with Gasteiger partial charge >= 0.3 is 5.97 Å². The van der Waals surface area contributed by atoms with Crippen molar-refractivity contribution in [1.82, 2.24) is 0 Å². The highest BCUT2D eigenvalue weighted by Crippen LogP contribution is 2.35. The molecule has 0 aliphatic rings. The first-order chi connectivity index (χ1) is 13.7. The first-order valence-corrected chi connectivity index (χ1v) is 8.18. The SMILES string of the molecule is COc1cc(OC)c(C(=O)O[C@@H](C)C(=O)Nc2ccc(F)c(F)c2F)cc1OC. The fraction of sp³-hybridized carbons (Fsp3) is 0.263. The molecule has 7 nitrogen and oxygen atoms in total. The summed E-state index contributed by atoms with van der Waals surface area (Å²) in [6, 6.07) is 4.20. The summed E-state index contributed by atoms with van der Waals surface area (Å²) in [5.74, 6) is -5.96. The number of carbonyl (C=O) groups is 2. The number of methoxy groups -OCH3 is 3. The van der Waals surface area contributed by atoms with Crippen molar-refractivity contribution in [2.45, 2.75) is 13.0 Å². The summed E-state index contributed by atoms with van der Waals surface area (Å²) < 4.78 is 60.3. The predicted molar refractivity (Wildman–Crippen MR) is 95.9 cm³/mol. The first-order valence-electron chi connectivity index (χ1n) is 8.18. The van der Waals surface area contributed by atoms with Crippen LogP contribution in [0.5, 0.6) is 17.2 Å². The van der Waals surface area contributed by atoms with Crippen LogP contribution in [0.15, 0.2) is 24.3 Å². The zero-order valence-electron chi connectivity index (χ0n) is 16.0. The van der Waals surface area contributed by atoms with Gasteiger partial charge in [-0.25, -0.2) is 18.0 Å². The van der Waals surface area contributed by atoms with Gasteiger partial charge in [-0.05, 0) is 19.1 Å². The van der Waals surface area contributed by atoms with E-state index < -0.39 is 41.1 Å². The maximum absolute atomic E-state index is 13.7. The quantitative estimate of drug-likeness (QED) is 0.554. The van der Waals surface area contributed by atoms with E-state index in [1.807, 2.05) is 5.32 Å². The highest BCUT2D eigenvalue weighted by atomic mass is 19.2. The Morgan fingerprint density at radius 1 is 0.897 bits per heavy atom. The van der Waals surface area contributed by atoms with Crippen molar-refractivity contribution < 1.29 is 41.7 Å². The minimum absolute atomic E-state index is 0.0520. The van der Waals surface area contributed by atoms with Crippen LogP contribution in [0.4, 0.5) is 18.9 Å². The fourth-order valence-electron chi connectivity index (χ4n) is 2.32. The summed E-state index contributed by atoms with van der Waals surface area (Å²) in [5, 5.41) is 2.03. The summed E-state index contributed by atoms with van der Waals surface area (Å²) in [6.45, 7) is 1.22. The van der Waals surface area contributed by atoms with Crippen molar-refractivity contribution in [3.63, 3.8) is 0 Å². The van der Waals surface area contributed by atoms with Crippen LogP contribution in [0.25, 0.3) is 0 Å². The molecule has 2 aromatic carbocycles. The Balaban J connectivity index is 2.18. The topological polar surface area (TPSA) is 83.1 Å². The zero-order valence-corrected chi connectivity index (χ0v) is 16.0. The van der Waals surface area contributed by atoms with Crippen LogP contribution in [0, 0.1) is 17.5 Å². The lowest BCUT2D eigenvalue weighted by Crippen LogP contribution is -2.30. The third-order valence-corrected chi connectivity index (χ3v) is 3.87. The van der Waals surface area contributed by atoms with E-state index in [1.54, 1.807) is 0 Å². The lowest BCUT2D eigenvalue weighted by molar-refractivity contribution is -0.123. The maximum atomic E-state index is 13.7. The lowest BCUT2D eigenvalue weighted by Gasteiger charge is -2.16. The summed E-state index contributed by atoms with van der Waals surface area (Å²) in [7, 11) is 4.09. The standard InChI is InChI=1S/C19H18F3NO6/c1-9(18(24)23-12-6-5-11(20)16(21)17(12)22)29-19(25)10-7-14(27-3)15(28-4)8-13(10)26-2/h5-9H,1-4H3,(H,23,24)/t9-/m0/s1. The largest absolute Gasteiger partial charge is 0.496 e. The monoisotopic (exact) mass is 413 g/mol. The molecule has 0 fully saturated rings. The van der Waals surface area contributed by atoms with E-state index >= 15 is 0 Å². The van der Waals surface area contributed by atoms with Gasteiger partial charge in [-0.1, -0.05) is 0 Å². The van der Waals surface area contributed by atoms with Crippen LogP contribution in [0.3, 0.4) is 0 Å². The zero-order chi connectivity index (χ0) is 21.7. The average Bonchev–Trinajstić information content (AvgIpc) is 2.72. The number of esters is 1. The molecule has 1 atom stereocenters. The number of hydrogen-bond acceptors (Lipinski definition) is 6. The van der Waals surface area contributed by atoms with Crippen LogP contribution >= 0.6 is 0 Å². The summed E-state index contributed by atoms with van der Waals surface area (Å²) in [6.07, 6.45) is -1.40. The molecule has 0 saturated carbocycles. The molecular weight excluding hydrogens is 395 g/mol. The maximum Gasteiger partial charge on any atom is 0.342 e. The van der Waals surface area contributed by atoms with Gasteiger partial charge < -0.3 is 24.3 Å². The third kappa shape index (κ3) is 4.71. The van der Waals surface area contributed by atoms with Crippen molar-refractivity contribution in [3.05, 3.63) is 47.3 Å². The van der Waals surface area contributed by atoms with Gasteiger partial charge in [0, 0.05) is 12.1 Å². The van der Waals surface area contributed by atoms with Gasteiger partial charge in [0.2, 0.25) is 0 Å². The number of hydrogen-bond donors (Lipinski definition) is 1. The van der Waals surface area contributed by atoms with Gasteiger partial charge in [0.1, 0.15) is 11.3 Å². The van der Waals surface area contributed by atoms with E-state index in [2.05, 4.69) is 0 Å². The van der Waals surface area contributed by atoms with Gasteiger partial charge in [0.25, 0.3) is 5.91 Å². The molecule has 156 valence electrons. The van der Waals surface area contributed by atoms with E-state index in [9.17, 15) is 22.8 Å². The average molecular weight is 413 g/mol. The second-order valence-electron chi connectivity index (χ2n) is 5.67. The van der Waals surface area contributed by atoms with Crippen LogP contribution in [-0.2, 0) is 9.53 Å². The minimum atomic E-state index is -1.73. The normalized spacial score (nSPS) is 11.4. The molecular formula is C19H18F3NO6. The number of carbonyl (C=O) groups excluding carboxylic acids is 2. The fourth-order valence-corrected chi connectivity index (χ4v) is 2.32. The van der Waals surface area contributed by atoms with Crippen molar-refractivity contribution in [2.24, 2.45) is 0 Å². The lowest BCUT2D eigenvalue weighted by atomic mass is 10.1. The van der Waals surface area contributed by atoms with Crippen molar-refractivity contribution in [2.75, 3.05) is 26.6 Å². The van der Waals surface area contributed by atoms with Crippen molar-refractivity contribution in [1.29, 1.82) is 0 Å². The van der Waals surface area contributed by atoms with Gasteiger partial charge in [0.05, 0.1) is 27.0 Å². The minimum Gasteiger partial charge on any atom is -0.496 e. The number of benzene rings is 2. The molecule has 1 N–H and O–H groups in total. The van der Waals surface area contributed by atoms with Crippen molar-refractivity contribution >= 4 is 17.6 Å². The highest BCUT2D eigenvalue weighted by Gasteiger charge is 2.25. The first kappa shape index (κ1) is 21.9. The Morgan fingerprint density at radius 2 is 1.48 bits per heavy atom. The Hall–Kier alpha value is -3.43. The smallest absolute Gasteiger partial charge is 0.342 e. The molecule has 0 radical (unpaired) electrons. The molecule has 0 aliphatic carbocycles. The molecule has 1 amide bonds. The van der Waals surface area contributed by atoms with Gasteiger partial charge in [-0.2, -0.15) is 0 Å². The molecule has 0 spiro atoms. The molecule has 0 bridgehead atoms. The number of ether oxygens (including phenoxy) is 4. The van der Waals surface area contributed by atoms with Gasteiger partial charge in [0.15, 0.2) is 35.1 Å². The second kappa shape index (κ2) is 9.18. The Bertz CT molecular complexity index is 935. The van der Waals surface area contributed by atoms with Crippen LogP contribution in [0.2, 0.25) is 0 Å². The van der Waals surface area contributed by atoms with Crippen LogP contribution in [-0.4, -0.2) is 39.3 Å². The molecule has 0 unspecified atom stereocenters. The molecule has 0 saturated heterocycles. The molecule has 0 aliphatic heterocycles. The Morgan fingerprint density at radius 3 is 2.07 bits per heavy atom. The summed E-state index contributed by atoms with van der Waals surface area (Å²) in [4.78, 5) is 24.6. The van der Waals surface area contributed by atoms with Crippen LogP contribution < -0.4 is 19.5 Å². The van der Waals surface area contributed by atoms with E-state index in [-0.39, 0.29) is 17.1 Å². The summed E-state index contributed by atoms with van der Waals surface area (Å²) >= 11 is 0. The van der Waals surface area contributed by atoms with E-state index in [4.69, 9.17) is 18.9 Å². The van der Waals surface area contributed by atoms with Crippen LogP contribution in [0.1, 0.15) is 17.3 Å². The number of nitrogens with one attached hydrogen (secondary N) is 1. The molecule has 0 heterocycles. The second-order valence-corrected chi connectivity index (χ2v) is 5.67. The van der Waals surface area contributed by atoms with E-state index in [0.717, 1.165) is 6.07 Å². The highest BCUT2D eigenvalue weighted by molar-refractivity contribution is 5.98. The predicted octanol–water partition coefficient (Wildman–Crippen LogP) is 3.31. The van der Waals surface area contributed by atoms with E-state index in [1.165, 1.54) is 40.4 Å². The summed E-state index contributed by atoms with van der Waals surface area (Å²) in [5.41, 5.74) is -0.649. The van der Waals surface area contributed by atoms with Crippen molar-refractivity contribution in [3.8, 4) is 17.2 Å². The number of amides is 1. The molecule has 10 heteroatoms. The molecule has 2 aromatic rings. The Kier molecular flexibility index (Phi) is 6.92. The molecule has 29 heavy (non-hydrogen) atoms. The molecule has 0 aromatic heterocycles. The van der Waals surface area contributed by atoms with E-state index in [0.29, 0.717) is 11.8 Å². The number of anilines is 1. The Labute approximate surface area is 164 Å². The van der Waals surface area contributed by atoms with Gasteiger partial charge in [-0.15, -0.1) is 0 Å². The third-order valence-electron chi connectivity index (χ3n) is 3.87.